The van der Waals surface area contributed by atoms with Gasteiger partial charge in [-0.15, -0.1) is 0 Å². The van der Waals surface area contributed by atoms with Gasteiger partial charge in [0.25, 0.3) is 0 Å². The Morgan fingerprint density at radius 3 is 2.63 bits per heavy atom. The van der Waals surface area contributed by atoms with Crippen LogP contribution in [-0.4, -0.2) is 59.3 Å². The first kappa shape index (κ1) is 28.1. The van der Waals surface area contributed by atoms with E-state index in [1.807, 2.05) is 54.6 Å². The third kappa shape index (κ3) is 6.11. The molecule has 0 bridgehead atoms. The maximum Gasteiger partial charge on any atom is 0.341 e. The van der Waals surface area contributed by atoms with Gasteiger partial charge in [0.2, 0.25) is 5.43 Å². The van der Waals surface area contributed by atoms with Gasteiger partial charge in [0.05, 0.1) is 24.8 Å². The summed E-state index contributed by atoms with van der Waals surface area (Å²) in [6.07, 6.45) is 4.78. The van der Waals surface area contributed by atoms with Crippen LogP contribution in [-0.2, 0) is 11.4 Å². The SMILES string of the molecule is COc1ccc(CO/N=C2\CN(c3nc4c(cc3F)c(=O)c(C(=O)O)cn4C3CC3)CC2CN=Cc2ccccc2)cc1. The van der Waals surface area contributed by atoms with Crippen LogP contribution in [0.5, 0.6) is 5.75 Å². The first-order valence-corrected chi connectivity index (χ1v) is 14.0. The summed E-state index contributed by atoms with van der Waals surface area (Å²) in [5.74, 6) is -1.41. The van der Waals surface area contributed by atoms with Crippen molar-refractivity contribution in [1.29, 1.82) is 0 Å². The number of pyridine rings is 2. The van der Waals surface area contributed by atoms with Crippen molar-refractivity contribution in [3.8, 4) is 5.75 Å². The maximum atomic E-state index is 15.6. The molecule has 2 aromatic carbocycles. The molecule has 220 valence electrons. The van der Waals surface area contributed by atoms with Crippen LogP contribution in [0.15, 0.2) is 81.8 Å². The van der Waals surface area contributed by atoms with Crippen molar-refractivity contribution in [2.45, 2.75) is 25.5 Å². The number of anilines is 1. The van der Waals surface area contributed by atoms with E-state index < -0.39 is 22.8 Å². The summed E-state index contributed by atoms with van der Waals surface area (Å²) in [6.45, 7) is 1.29. The Balaban J connectivity index is 1.29. The standard InChI is InChI=1S/C32H30FN5O5/c1-42-24-11-7-21(8-12-24)19-43-36-28-18-37(16-22(28)15-34-14-20-5-3-2-4-6-20)31-27(33)13-25-29(39)26(32(40)41)17-38(23-9-10-23)30(25)35-31/h2-8,11-14,17,22-23H,9-10,15-16,18-19H2,1H3,(H,40,41)/b34-14?,36-28+. The van der Waals surface area contributed by atoms with Crippen molar-refractivity contribution in [1.82, 2.24) is 9.55 Å². The molecule has 1 N–H and O–H groups in total. The van der Waals surface area contributed by atoms with Gasteiger partial charge in [-0.1, -0.05) is 47.6 Å². The van der Waals surface area contributed by atoms with E-state index in [2.05, 4.69) is 15.1 Å². The second kappa shape index (κ2) is 12.0. The number of benzene rings is 2. The molecule has 43 heavy (non-hydrogen) atoms. The number of hydrogen-bond donors (Lipinski definition) is 1. The predicted octanol–water partition coefficient (Wildman–Crippen LogP) is 4.71. The molecule has 1 aliphatic heterocycles. The number of hydrogen-bond acceptors (Lipinski definition) is 8. The summed E-state index contributed by atoms with van der Waals surface area (Å²) in [7, 11) is 1.61. The quantitative estimate of drug-likeness (QED) is 0.212. The summed E-state index contributed by atoms with van der Waals surface area (Å²) in [6, 6.07) is 18.3. The number of aromatic nitrogens is 2. The van der Waals surface area contributed by atoms with E-state index in [4.69, 9.17) is 9.57 Å². The maximum absolute atomic E-state index is 15.6. The molecule has 11 heteroatoms. The number of methoxy groups -OCH3 is 1. The number of aliphatic imine (C=N–C) groups is 1. The third-order valence-electron chi connectivity index (χ3n) is 7.61. The zero-order valence-corrected chi connectivity index (χ0v) is 23.5. The van der Waals surface area contributed by atoms with Gasteiger partial charge in [-0.05, 0) is 42.2 Å². The van der Waals surface area contributed by atoms with Gasteiger partial charge in [0, 0.05) is 37.5 Å². The Kier molecular flexibility index (Phi) is 7.86. The molecule has 0 amide bonds. The Morgan fingerprint density at radius 1 is 1.16 bits per heavy atom. The molecule has 1 atom stereocenters. The van der Waals surface area contributed by atoms with Gasteiger partial charge >= 0.3 is 5.97 Å². The highest BCUT2D eigenvalue weighted by Crippen LogP contribution is 2.37. The van der Waals surface area contributed by atoms with Crippen LogP contribution in [0.1, 0.15) is 40.4 Å². The topological polar surface area (TPSA) is 119 Å². The Hall–Kier alpha value is -5.06. The van der Waals surface area contributed by atoms with Crippen LogP contribution in [0, 0.1) is 11.7 Å². The third-order valence-corrected chi connectivity index (χ3v) is 7.61. The van der Waals surface area contributed by atoms with Crippen LogP contribution in [0.2, 0.25) is 0 Å². The number of fused-ring (bicyclic) bond motifs is 1. The molecule has 6 rings (SSSR count). The molecule has 0 spiro atoms. The minimum atomic E-state index is -1.35. The largest absolute Gasteiger partial charge is 0.497 e. The summed E-state index contributed by atoms with van der Waals surface area (Å²) in [5.41, 5.74) is 1.71. The summed E-state index contributed by atoms with van der Waals surface area (Å²) in [4.78, 5) is 41.3. The Labute approximate surface area is 246 Å². The number of carboxylic acids is 1. The molecule has 10 nitrogen and oxygen atoms in total. The van der Waals surface area contributed by atoms with E-state index in [0.717, 1.165) is 35.8 Å². The van der Waals surface area contributed by atoms with Gasteiger partial charge in [-0.25, -0.2) is 14.2 Å². The molecule has 2 aliphatic rings. The molecular formula is C32H30FN5O5. The first-order valence-electron chi connectivity index (χ1n) is 14.0. The highest BCUT2D eigenvalue weighted by molar-refractivity contribution is 5.95. The van der Waals surface area contributed by atoms with Crippen LogP contribution in [0.3, 0.4) is 0 Å². The van der Waals surface area contributed by atoms with E-state index >= 15 is 4.39 Å². The molecule has 2 fully saturated rings. The lowest BCUT2D eigenvalue weighted by Gasteiger charge is -2.19. The zero-order chi connectivity index (χ0) is 29.9. The molecular weight excluding hydrogens is 553 g/mol. The minimum Gasteiger partial charge on any atom is -0.497 e. The monoisotopic (exact) mass is 583 g/mol. The fourth-order valence-corrected chi connectivity index (χ4v) is 5.17. The van der Waals surface area contributed by atoms with E-state index in [1.54, 1.807) is 22.8 Å². The molecule has 1 saturated heterocycles. The molecule has 2 aromatic heterocycles. The van der Waals surface area contributed by atoms with Crippen molar-refractivity contribution in [3.05, 3.63) is 99.6 Å². The second-order valence-corrected chi connectivity index (χ2v) is 10.7. The number of nitrogens with zero attached hydrogens (tertiary/aromatic N) is 5. The normalized spacial score (nSPS) is 17.7. The number of carbonyl (C=O) groups is 1. The highest BCUT2D eigenvalue weighted by Gasteiger charge is 2.34. The number of carboxylic acid groups (broad SMARTS) is 1. The van der Waals surface area contributed by atoms with Crippen molar-refractivity contribution in [3.63, 3.8) is 0 Å². The average molecular weight is 584 g/mol. The lowest BCUT2D eigenvalue weighted by Crippen LogP contribution is -2.25. The van der Waals surface area contributed by atoms with Gasteiger partial charge in [0.15, 0.2) is 11.6 Å². The lowest BCUT2D eigenvalue weighted by molar-refractivity contribution is 0.0694. The van der Waals surface area contributed by atoms with E-state index in [0.29, 0.717) is 18.8 Å². The second-order valence-electron chi connectivity index (χ2n) is 10.7. The summed E-state index contributed by atoms with van der Waals surface area (Å²) in [5, 5.41) is 13.9. The van der Waals surface area contributed by atoms with Crippen LogP contribution in [0.4, 0.5) is 10.2 Å². The minimum absolute atomic E-state index is 0.0224. The zero-order valence-electron chi connectivity index (χ0n) is 23.5. The number of aromatic carboxylic acids is 1. The van der Waals surface area contributed by atoms with Crippen LogP contribution < -0.4 is 15.1 Å². The van der Waals surface area contributed by atoms with Crippen molar-refractivity contribution < 1.29 is 23.9 Å². The Bertz CT molecular complexity index is 1770. The molecule has 0 radical (unpaired) electrons. The van der Waals surface area contributed by atoms with E-state index in [9.17, 15) is 14.7 Å². The predicted molar refractivity (Wildman–Crippen MR) is 161 cm³/mol. The molecule has 4 aromatic rings. The fraction of sp³-hybridized carbons (Fsp3) is 0.281. The van der Waals surface area contributed by atoms with Gasteiger partial charge in [-0.2, -0.15) is 0 Å². The van der Waals surface area contributed by atoms with Crippen molar-refractivity contribution in [2.24, 2.45) is 16.1 Å². The van der Waals surface area contributed by atoms with E-state index in [1.165, 1.54) is 6.20 Å². The molecule has 3 heterocycles. The summed E-state index contributed by atoms with van der Waals surface area (Å²) < 4.78 is 22.5. The molecule has 1 unspecified atom stereocenters. The van der Waals surface area contributed by atoms with Gasteiger partial charge < -0.3 is 24.1 Å². The first-order chi connectivity index (χ1) is 20.9. The molecule has 1 saturated carbocycles. The van der Waals surface area contributed by atoms with Crippen molar-refractivity contribution >= 4 is 34.7 Å². The smallest absolute Gasteiger partial charge is 0.341 e. The number of halogens is 1. The van der Waals surface area contributed by atoms with Gasteiger partial charge in [-0.3, -0.25) is 9.79 Å². The molecule has 1 aliphatic carbocycles. The highest BCUT2D eigenvalue weighted by atomic mass is 19.1. The van der Waals surface area contributed by atoms with Crippen LogP contribution >= 0.6 is 0 Å². The Morgan fingerprint density at radius 2 is 1.93 bits per heavy atom. The fourth-order valence-electron chi connectivity index (χ4n) is 5.17. The average Bonchev–Trinajstić information content (AvgIpc) is 3.78. The van der Waals surface area contributed by atoms with Gasteiger partial charge in [0.1, 0.15) is 23.6 Å². The lowest BCUT2D eigenvalue weighted by atomic mass is 10.1. The number of rotatable bonds is 10. The van der Waals surface area contributed by atoms with Crippen LogP contribution in [0.25, 0.3) is 11.0 Å². The number of oxime groups is 1. The summed E-state index contributed by atoms with van der Waals surface area (Å²) >= 11 is 0. The van der Waals surface area contributed by atoms with E-state index in [-0.39, 0.29) is 42.0 Å². The number of ether oxygens (including phenoxy) is 1. The van der Waals surface area contributed by atoms with Crippen molar-refractivity contribution in [2.75, 3.05) is 31.6 Å².